The molecule has 0 unspecified atom stereocenters. The van der Waals surface area contributed by atoms with Crippen LogP contribution in [-0.2, 0) is 22.5 Å². The minimum absolute atomic E-state index is 0.0210. The van der Waals surface area contributed by atoms with Gasteiger partial charge in [-0.2, -0.15) is 0 Å². The van der Waals surface area contributed by atoms with Crippen molar-refractivity contribution < 1.29 is 14.3 Å². The summed E-state index contributed by atoms with van der Waals surface area (Å²) in [4.78, 5) is 26.8. The fraction of sp³-hybridized carbons (Fsp3) is 0.320. The Balaban J connectivity index is 1.38. The maximum atomic E-state index is 12.9. The van der Waals surface area contributed by atoms with Crippen LogP contribution in [0.25, 0.3) is 11.4 Å². The van der Waals surface area contributed by atoms with Crippen molar-refractivity contribution in [3.63, 3.8) is 0 Å². The number of aromatic nitrogens is 2. The molecule has 0 saturated carbocycles. The molecule has 5 rings (SSSR count). The molecule has 2 aliphatic rings. The monoisotopic (exact) mass is 464 g/mol. The van der Waals surface area contributed by atoms with Crippen molar-refractivity contribution in [1.82, 2.24) is 14.9 Å². The first-order valence-electron chi connectivity index (χ1n) is 11.1. The van der Waals surface area contributed by atoms with Crippen molar-refractivity contribution in [3.05, 3.63) is 70.9 Å². The third-order valence-electron chi connectivity index (χ3n) is 5.91. The molecule has 0 aliphatic carbocycles. The smallest absolute Gasteiger partial charge is 0.260 e. The third kappa shape index (κ3) is 4.94. The Labute approximate surface area is 197 Å². The number of amides is 1. The van der Waals surface area contributed by atoms with Gasteiger partial charge in [-0.25, -0.2) is 9.97 Å². The summed E-state index contributed by atoms with van der Waals surface area (Å²) in [5, 5.41) is 0.631. The van der Waals surface area contributed by atoms with Crippen LogP contribution in [0.5, 0.6) is 5.75 Å². The second kappa shape index (κ2) is 9.77. The quantitative estimate of drug-likeness (QED) is 0.574. The Morgan fingerprint density at radius 3 is 2.52 bits per heavy atom. The molecule has 33 heavy (non-hydrogen) atoms. The summed E-state index contributed by atoms with van der Waals surface area (Å²) < 4.78 is 11.2. The van der Waals surface area contributed by atoms with E-state index in [1.807, 2.05) is 35.2 Å². The van der Waals surface area contributed by atoms with E-state index in [2.05, 4.69) is 4.90 Å². The Bertz CT molecular complexity index is 1120. The molecular weight excluding hydrogens is 440 g/mol. The molecule has 0 N–H and O–H groups in total. The van der Waals surface area contributed by atoms with Crippen LogP contribution < -0.4 is 9.64 Å². The molecule has 1 amide bonds. The first kappa shape index (κ1) is 21.7. The molecule has 3 heterocycles. The van der Waals surface area contributed by atoms with Crippen LogP contribution in [0.1, 0.15) is 11.3 Å². The van der Waals surface area contributed by atoms with E-state index in [1.165, 1.54) is 0 Å². The molecule has 0 radical (unpaired) electrons. The van der Waals surface area contributed by atoms with Crippen LogP contribution >= 0.6 is 11.6 Å². The Morgan fingerprint density at radius 1 is 1.00 bits per heavy atom. The Kier molecular flexibility index (Phi) is 6.41. The van der Waals surface area contributed by atoms with Gasteiger partial charge in [0.25, 0.3) is 5.91 Å². The summed E-state index contributed by atoms with van der Waals surface area (Å²) in [6.07, 6.45) is 0.682. The molecule has 3 aromatic rings. The first-order valence-corrected chi connectivity index (χ1v) is 11.5. The number of carbonyl (C=O) groups excluding carboxylic acids is 1. The van der Waals surface area contributed by atoms with Gasteiger partial charge in [-0.15, -0.1) is 0 Å². The lowest BCUT2D eigenvalue weighted by molar-refractivity contribution is -0.134. The summed E-state index contributed by atoms with van der Waals surface area (Å²) in [5.41, 5.74) is 3.01. The molecule has 1 saturated heterocycles. The van der Waals surface area contributed by atoms with Gasteiger partial charge in [0.15, 0.2) is 12.4 Å². The number of fused-ring (bicyclic) bond motifs is 1. The van der Waals surface area contributed by atoms with Gasteiger partial charge in [0, 0.05) is 42.2 Å². The molecule has 8 heteroatoms. The van der Waals surface area contributed by atoms with Crippen LogP contribution in [0, 0.1) is 0 Å². The van der Waals surface area contributed by atoms with E-state index in [4.69, 9.17) is 31.0 Å². The summed E-state index contributed by atoms with van der Waals surface area (Å²) in [6.45, 7) is 3.92. The van der Waals surface area contributed by atoms with Crippen LogP contribution in [0.2, 0.25) is 5.02 Å². The Hall–Kier alpha value is -3.16. The lowest BCUT2D eigenvalue weighted by Gasteiger charge is -2.34. The van der Waals surface area contributed by atoms with Crippen molar-refractivity contribution in [3.8, 4) is 17.1 Å². The number of ether oxygens (including phenoxy) is 2. The minimum atomic E-state index is -0.0596. The van der Waals surface area contributed by atoms with Crippen LogP contribution in [0.15, 0.2) is 54.6 Å². The molecule has 1 fully saturated rings. The number of hydrogen-bond acceptors (Lipinski definition) is 6. The van der Waals surface area contributed by atoms with Gasteiger partial charge in [-0.3, -0.25) is 4.79 Å². The molecule has 1 aromatic heterocycles. The van der Waals surface area contributed by atoms with Gasteiger partial charge in [-0.1, -0.05) is 41.9 Å². The average Bonchev–Trinajstić information content (AvgIpc) is 2.88. The number of hydrogen-bond donors (Lipinski definition) is 0. The summed E-state index contributed by atoms with van der Waals surface area (Å²) in [5.74, 6) is 2.19. The largest absolute Gasteiger partial charge is 0.484 e. The third-order valence-corrected chi connectivity index (χ3v) is 6.16. The van der Waals surface area contributed by atoms with E-state index in [1.54, 1.807) is 24.3 Å². The Morgan fingerprint density at radius 2 is 1.76 bits per heavy atom. The van der Waals surface area contributed by atoms with Crippen LogP contribution in [-0.4, -0.2) is 60.2 Å². The number of carbonyl (C=O) groups is 1. The molecule has 0 atom stereocenters. The molecular formula is C25H25ClN4O3. The second-order valence-electron chi connectivity index (χ2n) is 8.07. The van der Waals surface area contributed by atoms with E-state index in [0.717, 1.165) is 41.6 Å². The zero-order valence-corrected chi connectivity index (χ0v) is 19.0. The van der Waals surface area contributed by atoms with Gasteiger partial charge >= 0.3 is 0 Å². The lowest BCUT2D eigenvalue weighted by atomic mass is 10.0. The number of rotatable bonds is 5. The van der Waals surface area contributed by atoms with Gasteiger partial charge < -0.3 is 19.3 Å². The standard InChI is InChI=1S/C25H25ClN4O3/c26-19-6-8-20(9-7-19)33-17-23(31)30-11-10-22-21(16-30)25(29-12-14-32-15-13-29)28-24(27-22)18-4-2-1-3-5-18/h1-9H,10-17H2. The zero-order valence-electron chi connectivity index (χ0n) is 18.2. The number of halogens is 1. The van der Waals surface area contributed by atoms with E-state index in [0.29, 0.717) is 43.5 Å². The van der Waals surface area contributed by atoms with Crippen LogP contribution in [0.4, 0.5) is 5.82 Å². The van der Waals surface area contributed by atoms with Crippen molar-refractivity contribution in [1.29, 1.82) is 0 Å². The molecule has 0 spiro atoms. The fourth-order valence-electron chi connectivity index (χ4n) is 4.13. The molecule has 0 bridgehead atoms. The van der Waals surface area contributed by atoms with E-state index < -0.39 is 0 Å². The first-order chi connectivity index (χ1) is 16.2. The number of nitrogens with zero attached hydrogens (tertiary/aromatic N) is 4. The van der Waals surface area contributed by atoms with Gasteiger partial charge in [-0.05, 0) is 24.3 Å². The average molecular weight is 465 g/mol. The molecule has 7 nitrogen and oxygen atoms in total. The second-order valence-corrected chi connectivity index (χ2v) is 8.51. The topological polar surface area (TPSA) is 67.8 Å². The van der Waals surface area contributed by atoms with E-state index in [9.17, 15) is 4.79 Å². The van der Waals surface area contributed by atoms with E-state index in [-0.39, 0.29) is 12.5 Å². The minimum Gasteiger partial charge on any atom is -0.484 e. The zero-order chi connectivity index (χ0) is 22.6. The highest BCUT2D eigenvalue weighted by Crippen LogP contribution is 2.30. The highest BCUT2D eigenvalue weighted by Gasteiger charge is 2.28. The molecule has 170 valence electrons. The summed E-state index contributed by atoms with van der Waals surface area (Å²) in [7, 11) is 0. The highest BCUT2D eigenvalue weighted by molar-refractivity contribution is 6.30. The van der Waals surface area contributed by atoms with E-state index >= 15 is 0 Å². The summed E-state index contributed by atoms with van der Waals surface area (Å²) in [6, 6.07) is 17.0. The van der Waals surface area contributed by atoms with Gasteiger partial charge in [0.05, 0.1) is 25.5 Å². The van der Waals surface area contributed by atoms with Crippen molar-refractivity contribution in [2.24, 2.45) is 0 Å². The number of benzene rings is 2. The predicted molar refractivity (Wildman–Crippen MR) is 127 cm³/mol. The van der Waals surface area contributed by atoms with Gasteiger partial charge in [0.2, 0.25) is 0 Å². The van der Waals surface area contributed by atoms with Crippen molar-refractivity contribution in [2.75, 3.05) is 44.4 Å². The highest BCUT2D eigenvalue weighted by atomic mass is 35.5. The number of anilines is 1. The van der Waals surface area contributed by atoms with Gasteiger partial charge in [0.1, 0.15) is 11.6 Å². The summed E-state index contributed by atoms with van der Waals surface area (Å²) >= 11 is 5.92. The lowest BCUT2D eigenvalue weighted by Crippen LogP contribution is -2.42. The fourth-order valence-corrected chi connectivity index (χ4v) is 4.26. The maximum Gasteiger partial charge on any atom is 0.260 e. The number of morpholine rings is 1. The molecule has 2 aromatic carbocycles. The predicted octanol–water partition coefficient (Wildman–Crippen LogP) is 3.60. The normalized spacial score (nSPS) is 15.8. The van der Waals surface area contributed by atoms with Crippen molar-refractivity contribution >= 4 is 23.3 Å². The maximum absolute atomic E-state index is 12.9. The van der Waals surface area contributed by atoms with Crippen LogP contribution in [0.3, 0.4) is 0 Å². The SMILES string of the molecule is O=C(COc1ccc(Cl)cc1)N1CCc2nc(-c3ccccc3)nc(N3CCOCC3)c2C1. The molecule has 2 aliphatic heterocycles. The van der Waals surface area contributed by atoms with Crippen molar-refractivity contribution in [2.45, 2.75) is 13.0 Å².